The Labute approximate surface area is 242 Å². The van der Waals surface area contributed by atoms with Crippen molar-refractivity contribution in [2.24, 2.45) is 11.8 Å². The number of hydrogen-bond donors (Lipinski definition) is 0. The highest BCUT2D eigenvalue weighted by atomic mass is 16.5. The normalized spacial score (nSPS) is 23.8. The lowest BCUT2D eigenvalue weighted by atomic mass is 9.62. The van der Waals surface area contributed by atoms with Crippen LogP contribution in [-0.2, 0) is 19.2 Å². The van der Waals surface area contributed by atoms with Crippen LogP contribution in [0.1, 0.15) is 86.3 Å². The van der Waals surface area contributed by atoms with E-state index in [1.165, 1.54) is 0 Å². The summed E-state index contributed by atoms with van der Waals surface area (Å²) in [6.45, 7) is 2.75. The fourth-order valence-corrected chi connectivity index (χ4v) is 6.61. The average molecular weight is 551 g/mol. The highest BCUT2D eigenvalue weighted by Crippen LogP contribution is 2.46. The fraction of sp³-hybridized carbons (Fsp3) is 0.389. The minimum atomic E-state index is -1.02. The third-order valence-corrected chi connectivity index (χ3v) is 8.72. The summed E-state index contributed by atoms with van der Waals surface area (Å²) >= 11 is 0. The Kier molecular flexibility index (Phi) is 9.23. The van der Waals surface area contributed by atoms with Gasteiger partial charge in [-0.15, -0.1) is 0 Å². The van der Waals surface area contributed by atoms with Gasteiger partial charge in [0.25, 0.3) is 0 Å². The maximum absolute atomic E-state index is 13.7. The molecule has 5 heteroatoms. The van der Waals surface area contributed by atoms with Crippen molar-refractivity contribution in [1.29, 1.82) is 0 Å². The molecule has 2 aliphatic rings. The molecule has 0 aliphatic heterocycles. The van der Waals surface area contributed by atoms with E-state index in [9.17, 15) is 19.2 Å². The molecule has 0 N–H and O–H groups in total. The number of benzene rings is 3. The van der Waals surface area contributed by atoms with E-state index >= 15 is 0 Å². The zero-order valence-corrected chi connectivity index (χ0v) is 23.7. The third kappa shape index (κ3) is 6.56. The first-order valence-electron chi connectivity index (χ1n) is 14.9. The van der Waals surface area contributed by atoms with Crippen molar-refractivity contribution >= 4 is 23.1 Å². The largest absolute Gasteiger partial charge is 0.494 e. The summed E-state index contributed by atoms with van der Waals surface area (Å²) in [6, 6.07) is 26.5. The zero-order valence-electron chi connectivity index (χ0n) is 23.7. The molecule has 212 valence electrons. The Balaban J connectivity index is 1.44. The number of ketones is 4. The van der Waals surface area contributed by atoms with Gasteiger partial charge in [0.05, 0.1) is 18.4 Å². The Morgan fingerprint density at radius 3 is 1.46 bits per heavy atom. The van der Waals surface area contributed by atoms with Crippen LogP contribution in [0.15, 0.2) is 84.9 Å². The predicted molar refractivity (Wildman–Crippen MR) is 158 cm³/mol. The molecule has 41 heavy (non-hydrogen) atoms. The highest BCUT2D eigenvalue weighted by molar-refractivity contribution is 6.11. The van der Waals surface area contributed by atoms with E-state index in [1.54, 1.807) is 0 Å². The highest BCUT2D eigenvalue weighted by Gasteiger charge is 2.50. The van der Waals surface area contributed by atoms with Gasteiger partial charge >= 0.3 is 0 Å². The van der Waals surface area contributed by atoms with Crippen molar-refractivity contribution in [3.8, 4) is 5.75 Å². The summed E-state index contributed by atoms with van der Waals surface area (Å²) in [7, 11) is 0. The van der Waals surface area contributed by atoms with Crippen LogP contribution in [0.4, 0.5) is 0 Å². The summed E-state index contributed by atoms with van der Waals surface area (Å²) in [5.74, 6) is -3.28. The first kappa shape index (κ1) is 28.7. The first-order valence-corrected chi connectivity index (χ1v) is 14.9. The number of carbonyl (C=O) groups is 4. The molecule has 0 bridgehead atoms. The molecular formula is C36H38O5. The average Bonchev–Trinajstić information content (AvgIpc) is 2.99. The van der Waals surface area contributed by atoms with Crippen LogP contribution in [-0.4, -0.2) is 29.7 Å². The van der Waals surface area contributed by atoms with E-state index in [4.69, 9.17) is 4.74 Å². The van der Waals surface area contributed by atoms with Gasteiger partial charge < -0.3 is 4.74 Å². The molecular weight excluding hydrogens is 512 g/mol. The Morgan fingerprint density at radius 1 is 0.610 bits per heavy atom. The van der Waals surface area contributed by atoms with E-state index in [0.717, 1.165) is 30.4 Å². The molecule has 0 amide bonds. The van der Waals surface area contributed by atoms with Crippen LogP contribution < -0.4 is 4.74 Å². The Bertz CT molecular complexity index is 1250. The van der Waals surface area contributed by atoms with E-state index in [2.05, 4.69) is 6.92 Å². The van der Waals surface area contributed by atoms with Gasteiger partial charge in [0.1, 0.15) is 28.9 Å². The lowest BCUT2D eigenvalue weighted by molar-refractivity contribution is -0.142. The van der Waals surface area contributed by atoms with Crippen LogP contribution in [0.2, 0.25) is 0 Å². The second kappa shape index (κ2) is 13.2. The summed E-state index contributed by atoms with van der Waals surface area (Å²) in [6.07, 6.45) is 4.03. The van der Waals surface area contributed by atoms with E-state index in [0.29, 0.717) is 17.9 Å². The topological polar surface area (TPSA) is 77.5 Å². The van der Waals surface area contributed by atoms with Crippen molar-refractivity contribution in [2.45, 2.75) is 69.6 Å². The van der Waals surface area contributed by atoms with Crippen molar-refractivity contribution < 1.29 is 23.9 Å². The molecule has 5 rings (SSSR count). The summed E-state index contributed by atoms with van der Waals surface area (Å²) in [5.41, 5.74) is 2.59. The number of rotatable bonds is 10. The minimum absolute atomic E-state index is 0.188. The SMILES string of the molecule is CCCCCOc1ccc(C(C2C(=O)CC(c3ccccc3)CC2=O)C2C(=O)CC(c3ccccc3)CC2=O)cc1. The lowest BCUT2D eigenvalue weighted by Gasteiger charge is -2.38. The summed E-state index contributed by atoms with van der Waals surface area (Å²) < 4.78 is 5.88. The monoisotopic (exact) mass is 550 g/mol. The molecule has 0 spiro atoms. The van der Waals surface area contributed by atoms with Gasteiger partial charge in [0, 0.05) is 31.6 Å². The van der Waals surface area contributed by atoms with E-state index < -0.39 is 17.8 Å². The van der Waals surface area contributed by atoms with E-state index in [-0.39, 0.29) is 60.7 Å². The molecule has 0 unspecified atom stereocenters. The molecule has 2 aliphatic carbocycles. The molecule has 0 aromatic heterocycles. The molecule has 5 nitrogen and oxygen atoms in total. The van der Waals surface area contributed by atoms with Gasteiger partial charge in [-0.3, -0.25) is 19.2 Å². The quantitative estimate of drug-likeness (QED) is 0.201. The second-order valence-corrected chi connectivity index (χ2v) is 11.5. The summed E-state index contributed by atoms with van der Waals surface area (Å²) in [4.78, 5) is 55.0. The zero-order chi connectivity index (χ0) is 28.8. The van der Waals surface area contributed by atoms with Gasteiger partial charge in [0.15, 0.2) is 0 Å². The maximum atomic E-state index is 13.7. The third-order valence-electron chi connectivity index (χ3n) is 8.72. The number of hydrogen-bond acceptors (Lipinski definition) is 5. The van der Waals surface area contributed by atoms with Crippen molar-refractivity contribution in [2.75, 3.05) is 6.61 Å². The molecule has 0 heterocycles. The molecule has 2 fully saturated rings. The lowest BCUT2D eigenvalue weighted by Crippen LogP contribution is -2.45. The van der Waals surface area contributed by atoms with Crippen LogP contribution >= 0.6 is 0 Å². The van der Waals surface area contributed by atoms with E-state index in [1.807, 2.05) is 84.9 Å². The molecule has 0 radical (unpaired) electrons. The Morgan fingerprint density at radius 2 is 1.05 bits per heavy atom. The van der Waals surface area contributed by atoms with Crippen LogP contribution in [0.5, 0.6) is 5.75 Å². The fourth-order valence-electron chi connectivity index (χ4n) is 6.61. The van der Waals surface area contributed by atoms with Gasteiger partial charge in [-0.05, 0) is 47.1 Å². The molecule has 2 saturated carbocycles. The van der Waals surface area contributed by atoms with Gasteiger partial charge in [-0.1, -0.05) is 92.6 Å². The standard InChI is InChI=1S/C36H38O5/c1-2-3-10-19-41-29-17-15-26(16-18-29)34(35-30(37)20-27(21-31(35)38)24-11-6-4-7-12-24)36-32(39)22-28(23-33(36)40)25-13-8-5-9-14-25/h4-9,11-18,27-28,34-36H,2-3,10,19-23H2,1H3. The molecule has 0 saturated heterocycles. The minimum Gasteiger partial charge on any atom is -0.494 e. The van der Waals surface area contributed by atoms with Gasteiger partial charge in [-0.25, -0.2) is 0 Å². The molecule has 3 aromatic rings. The Hall–Kier alpha value is -3.86. The number of carbonyl (C=O) groups excluding carboxylic acids is 4. The smallest absolute Gasteiger partial charge is 0.144 e. The number of ether oxygens (including phenoxy) is 1. The first-order chi connectivity index (χ1) is 20.0. The van der Waals surface area contributed by atoms with Crippen molar-refractivity contribution in [3.05, 3.63) is 102 Å². The second-order valence-electron chi connectivity index (χ2n) is 11.5. The van der Waals surface area contributed by atoms with Gasteiger partial charge in [0.2, 0.25) is 0 Å². The summed E-state index contributed by atoms with van der Waals surface area (Å²) in [5, 5.41) is 0. The molecule has 0 atom stereocenters. The number of unbranched alkanes of at least 4 members (excludes halogenated alkanes) is 2. The molecule has 3 aromatic carbocycles. The van der Waals surface area contributed by atoms with Crippen LogP contribution in [0.3, 0.4) is 0 Å². The maximum Gasteiger partial charge on any atom is 0.144 e. The van der Waals surface area contributed by atoms with Crippen molar-refractivity contribution in [3.63, 3.8) is 0 Å². The van der Waals surface area contributed by atoms with Crippen LogP contribution in [0.25, 0.3) is 0 Å². The number of Topliss-reactive ketones (excluding diaryl/α,β-unsaturated/α-hetero) is 4. The van der Waals surface area contributed by atoms with Crippen LogP contribution in [0, 0.1) is 11.8 Å². The van der Waals surface area contributed by atoms with Gasteiger partial charge in [-0.2, -0.15) is 0 Å². The predicted octanol–water partition coefficient (Wildman–Crippen LogP) is 7.00. The van der Waals surface area contributed by atoms with Crippen molar-refractivity contribution in [1.82, 2.24) is 0 Å².